The molecule has 0 aromatic carbocycles. The minimum absolute atomic E-state index is 0.0917. The van der Waals surface area contributed by atoms with Gasteiger partial charge in [0.1, 0.15) is 5.82 Å². The molecule has 20 heavy (non-hydrogen) atoms. The van der Waals surface area contributed by atoms with Crippen molar-refractivity contribution in [3.05, 3.63) is 18.0 Å². The van der Waals surface area contributed by atoms with Gasteiger partial charge in [-0.2, -0.15) is 17.7 Å². The molecule has 0 saturated carbocycles. The SMILES string of the molecule is FC(F)(F)c1nnc2ccc(N3CCCNCC3)nn12. The van der Waals surface area contributed by atoms with Crippen molar-refractivity contribution in [1.82, 2.24) is 25.1 Å². The lowest BCUT2D eigenvalue weighted by Gasteiger charge is -2.20. The first-order chi connectivity index (χ1) is 9.55. The third-order valence-corrected chi connectivity index (χ3v) is 3.17. The van der Waals surface area contributed by atoms with Crippen molar-refractivity contribution in [1.29, 1.82) is 0 Å². The molecule has 2 aromatic heterocycles. The standard InChI is InChI=1S/C11H13F3N6/c12-11(13,14)10-17-16-8-2-3-9(18-20(8)10)19-6-1-4-15-5-7-19/h2-3,15H,1,4-7H2. The summed E-state index contributed by atoms with van der Waals surface area (Å²) in [6, 6.07) is 3.18. The van der Waals surface area contributed by atoms with Crippen LogP contribution in [0.4, 0.5) is 19.0 Å². The van der Waals surface area contributed by atoms with Crippen LogP contribution in [0.5, 0.6) is 0 Å². The minimum Gasteiger partial charge on any atom is -0.354 e. The predicted octanol–water partition coefficient (Wildman–Crippen LogP) is 0.943. The average Bonchev–Trinajstić information content (AvgIpc) is 2.65. The Morgan fingerprint density at radius 3 is 2.75 bits per heavy atom. The third-order valence-electron chi connectivity index (χ3n) is 3.17. The van der Waals surface area contributed by atoms with Crippen LogP contribution in [-0.2, 0) is 6.18 Å². The Labute approximate surface area is 112 Å². The molecular formula is C11H13F3N6. The molecule has 0 spiro atoms. The molecule has 0 atom stereocenters. The topological polar surface area (TPSA) is 58.4 Å². The van der Waals surface area contributed by atoms with Crippen LogP contribution in [0.1, 0.15) is 12.2 Å². The molecule has 1 fully saturated rings. The van der Waals surface area contributed by atoms with Gasteiger partial charge in [-0.05, 0) is 25.1 Å². The molecule has 3 heterocycles. The average molecular weight is 286 g/mol. The summed E-state index contributed by atoms with van der Waals surface area (Å²) >= 11 is 0. The van der Waals surface area contributed by atoms with E-state index in [9.17, 15) is 13.2 Å². The van der Waals surface area contributed by atoms with Crippen molar-refractivity contribution >= 4 is 11.5 Å². The van der Waals surface area contributed by atoms with Gasteiger partial charge in [0.05, 0.1) is 0 Å². The minimum atomic E-state index is -4.56. The van der Waals surface area contributed by atoms with Gasteiger partial charge in [0, 0.05) is 19.6 Å². The van der Waals surface area contributed by atoms with E-state index in [0.717, 1.165) is 30.6 Å². The zero-order chi connectivity index (χ0) is 14.2. The van der Waals surface area contributed by atoms with Crippen molar-refractivity contribution in [2.24, 2.45) is 0 Å². The van der Waals surface area contributed by atoms with Crippen LogP contribution in [0.2, 0.25) is 0 Å². The summed E-state index contributed by atoms with van der Waals surface area (Å²) in [5.41, 5.74) is 0.0917. The largest absolute Gasteiger partial charge is 0.453 e. The number of rotatable bonds is 1. The fraction of sp³-hybridized carbons (Fsp3) is 0.545. The molecule has 0 amide bonds. The molecule has 1 saturated heterocycles. The Hall–Kier alpha value is -1.90. The Morgan fingerprint density at radius 1 is 1.10 bits per heavy atom. The van der Waals surface area contributed by atoms with Crippen LogP contribution in [0.15, 0.2) is 12.1 Å². The van der Waals surface area contributed by atoms with Crippen molar-refractivity contribution in [2.75, 3.05) is 31.1 Å². The molecule has 6 nitrogen and oxygen atoms in total. The Morgan fingerprint density at radius 2 is 1.95 bits per heavy atom. The molecule has 3 rings (SSSR count). The summed E-state index contributed by atoms with van der Waals surface area (Å²) in [6.07, 6.45) is -3.64. The van der Waals surface area contributed by atoms with Gasteiger partial charge >= 0.3 is 6.18 Å². The summed E-state index contributed by atoms with van der Waals surface area (Å²) in [6.45, 7) is 3.16. The monoisotopic (exact) mass is 286 g/mol. The van der Waals surface area contributed by atoms with Crippen LogP contribution in [0, 0.1) is 0 Å². The summed E-state index contributed by atoms with van der Waals surface area (Å²) in [5, 5.41) is 13.9. The quantitative estimate of drug-likeness (QED) is 0.845. The third kappa shape index (κ3) is 2.40. The lowest BCUT2D eigenvalue weighted by Crippen LogP contribution is -2.29. The number of halogens is 3. The molecule has 0 unspecified atom stereocenters. The molecule has 2 aromatic rings. The van der Waals surface area contributed by atoms with E-state index in [1.807, 2.05) is 4.90 Å². The molecule has 0 aliphatic carbocycles. The molecule has 0 bridgehead atoms. The number of aromatic nitrogens is 4. The first-order valence-corrected chi connectivity index (χ1v) is 6.31. The van der Waals surface area contributed by atoms with Crippen LogP contribution in [0.25, 0.3) is 5.65 Å². The number of hydrogen-bond acceptors (Lipinski definition) is 5. The van der Waals surface area contributed by atoms with E-state index in [0.29, 0.717) is 12.4 Å². The van der Waals surface area contributed by atoms with E-state index < -0.39 is 12.0 Å². The van der Waals surface area contributed by atoms with Crippen molar-refractivity contribution in [3.63, 3.8) is 0 Å². The second kappa shape index (κ2) is 4.89. The van der Waals surface area contributed by atoms with E-state index in [4.69, 9.17) is 0 Å². The molecule has 9 heteroatoms. The van der Waals surface area contributed by atoms with Gasteiger partial charge in [0.2, 0.25) is 0 Å². The zero-order valence-electron chi connectivity index (χ0n) is 10.6. The maximum absolute atomic E-state index is 12.8. The molecule has 0 radical (unpaired) electrons. The van der Waals surface area contributed by atoms with Gasteiger partial charge in [0.15, 0.2) is 5.65 Å². The van der Waals surface area contributed by atoms with Crippen LogP contribution >= 0.6 is 0 Å². The second-order valence-electron chi connectivity index (χ2n) is 4.57. The fourth-order valence-corrected chi connectivity index (χ4v) is 2.20. The number of fused-ring (bicyclic) bond motifs is 1. The van der Waals surface area contributed by atoms with Gasteiger partial charge in [-0.3, -0.25) is 0 Å². The van der Waals surface area contributed by atoms with Gasteiger partial charge in [-0.1, -0.05) is 0 Å². The number of nitrogens with one attached hydrogen (secondary N) is 1. The highest BCUT2D eigenvalue weighted by atomic mass is 19.4. The molecule has 1 aliphatic heterocycles. The van der Waals surface area contributed by atoms with Crippen LogP contribution in [-0.4, -0.2) is 46.0 Å². The Bertz CT molecular complexity index is 600. The van der Waals surface area contributed by atoms with Gasteiger partial charge < -0.3 is 10.2 Å². The summed E-state index contributed by atoms with van der Waals surface area (Å²) < 4.78 is 39.2. The van der Waals surface area contributed by atoms with E-state index in [1.165, 1.54) is 6.07 Å². The maximum atomic E-state index is 12.8. The van der Waals surface area contributed by atoms with E-state index in [1.54, 1.807) is 6.07 Å². The van der Waals surface area contributed by atoms with E-state index in [2.05, 4.69) is 20.6 Å². The first-order valence-electron chi connectivity index (χ1n) is 6.31. The van der Waals surface area contributed by atoms with E-state index >= 15 is 0 Å². The Balaban J connectivity index is 2.00. The highest BCUT2D eigenvalue weighted by Gasteiger charge is 2.37. The molecular weight excluding hydrogens is 273 g/mol. The van der Waals surface area contributed by atoms with Crippen LogP contribution in [0.3, 0.4) is 0 Å². The molecule has 108 valence electrons. The van der Waals surface area contributed by atoms with Gasteiger partial charge in [-0.15, -0.1) is 15.3 Å². The molecule has 1 aliphatic rings. The predicted molar refractivity (Wildman–Crippen MR) is 65.5 cm³/mol. The van der Waals surface area contributed by atoms with Crippen molar-refractivity contribution < 1.29 is 13.2 Å². The van der Waals surface area contributed by atoms with Crippen LogP contribution < -0.4 is 10.2 Å². The van der Waals surface area contributed by atoms with Gasteiger partial charge in [-0.25, -0.2) is 0 Å². The summed E-state index contributed by atoms with van der Waals surface area (Å²) in [4.78, 5) is 1.96. The summed E-state index contributed by atoms with van der Waals surface area (Å²) in [5.74, 6) is -0.589. The number of nitrogens with zero attached hydrogens (tertiary/aromatic N) is 5. The Kier molecular flexibility index (Phi) is 3.20. The number of anilines is 1. The number of alkyl halides is 3. The zero-order valence-corrected chi connectivity index (χ0v) is 10.6. The highest BCUT2D eigenvalue weighted by Crippen LogP contribution is 2.27. The fourth-order valence-electron chi connectivity index (χ4n) is 2.20. The second-order valence-corrected chi connectivity index (χ2v) is 4.57. The van der Waals surface area contributed by atoms with Crippen molar-refractivity contribution in [3.8, 4) is 0 Å². The van der Waals surface area contributed by atoms with E-state index in [-0.39, 0.29) is 5.65 Å². The first kappa shape index (κ1) is 13.1. The smallest absolute Gasteiger partial charge is 0.354 e. The lowest BCUT2D eigenvalue weighted by molar-refractivity contribution is -0.146. The maximum Gasteiger partial charge on any atom is 0.453 e. The highest BCUT2D eigenvalue weighted by molar-refractivity contribution is 5.46. The molecule has 1 N–H and O–H groups in total. The number of hydrogen-bond donors (Lipinski definition) is 1. The summed E-state index contributed by atoms with van der Waals surface area (Å²) in [7, 11) is 0. The van der Waals surface area contributed by atoms with Crippen molar-refractivity contribution in [2.45, 2.75) is 12.6 Å². The van der Waals surface area contributed by atoms with Gasteiger partial charge in [0.25, 0.3) is 5.82 Å². The lowest BCUT2D eigenvalue weighted by atomic mass is 10.4. The normalized spacial score (nSPS) is 17.4.